The van der Waals surface area contributed by atoms with E-state index in [0.717, 1.165) is 0 Å². The van der Waals surface area contributed by atoms with Crippen LogP contribution in [0.1, 0.15) is 27.2 Å². The molecule has 0 unspecified atom stereocenters. The summed E-state index contributed by atoms with van der Waals surface area (Å²) >= 11 is 0. The molecule has 1 fully saturated rings. The Bertz CT molecular complexity index is 591. The number of nitrogens with one attached hydrogen (secondary N) is 1. The first-order valence-corrected chi connectivity index (χ1v) is 8.05. The lowest BCUT2D eigenvalue weighted by molar-refractivity contribution is -0.129. The third-order valence-electron chi connectivity index (χ3n) is 3.12. The van der Waals surface area contributed by atoms with E-state index >= 15 is 0 Å². The molecule has 1 N–H and O–H groups in total. The van der Waals surface area contributed by atoms with Gasteiger partial charge in [0.05, 0.1) is 4.90 Å². The highest BCUT2D eigenvalue weighted by Crippen LogP contribution is 2.27. The summed E-state index contributed by atoms with van der Waals surface area (Å²) in [6, 6.07) is 7.62. The molecule has 20 heavy (non-hydrogen) atoms. The molecule has 1 saturated heterocycles. The molecular formula is C14H20N2O3S. The van der Waals surface area contributed by atoms with Crippen molar-refractivity contribution in [2.75, 3.05) is 6.54 Å². The van der Waals surface area contributed by atoms with Gasteiger partial charge in [-0.2, -0.15) is 4.31 Å². The Labute approximate surface area is 120 Å². The Morgan fingerprint density at radius 2 is 1.85 bits per heavy atom. The third-order valence-corrected chi connectivity index (χ3v) is 5.04. The molecule has 0 saturated carbocycles. The van der Waals surface area contributed by atoms with E-state index in [-0.39, 0.29) is 16.3 Å². The summed E-state index contributed by atoms with van der Waals surface area (Å²) in [6.45, 7) is 6.01. The Hall–Kier alpha value is -1.40. The van der Waals surface area contributed by atoms with E-state index in [1.807, 2.05) is 20.8 Å². The van der Waals surface area contributed by atoms with Crippen molar-refractivity contribution in [3.8, 4) is 0 Å². The van der Waals surface area contributed by atoms with Gasteiger partial charge in [0, 0.05) is 12.1 Å². The molecular weight excluding hydrogens is 276 g/mol. The molecule has 0 radical (unpaired) electrons. The van der Waals surface area contributed by atoms with Crippen LogP contribution in [0.4, 0.5) is 0 Å². The van der Waals surface area contributed by atoms with Crippen LogP contribution in [0.2, 0.25) is 0 Å². The standard InChI is InChI=1S/C14H20N2O3S/c1-14(2,3)15-13(17)12-9-10-16(12)20(18,19)11-7-5-4-6-8-11/h4-8,12H,9-10H2,1-3H3,(H,15,17)/t12-/m0/s1. The summed E-state index contributed by atoms with van der Waals surface area (Å²) in [5.41, 5.74) is -0.366. The van der Waals surface area contributed by atoms with Crippen molar-refractivity contribution in [3.63, 3.8) is 0 Å². The average molecular weight is 296 g/mol. The second-order valence-electron chi connectivity index (χ2n) is 5.97. The van der Waals surface area contributed by atoms with Crippen molar-refractivity contribution in [1.82, 2.24) is 9.62 Å². The maximum Gasteiger partial charge on any atom is 0.243 e. The largest absolute Gasteiger partial charge is 0.350 e. The molecule has 6 heteroatoms. The molecule has 0 aromatic heterocycles. The van der Waals surface area contributed by atoms with Crippen molar-refractivity contribution < 1.29 is 13.2 Å². The van der Waals surface area contributed by atoms with Crippen LogP contribution in [0.25, 0.3) is 0 Å². The van der Waals surface area contributed by atoms with Gasteiger partial charge >= 0.3 is 0 Å². The number of rotatable bonds is 3. The smallest absolute Gasteiger partial charge is 0.243 e. The van der Waals surface area contributed by atoms with E-state index in [4.69, 9.17) is 0 Å². The summed E-state index contributed by atoms with van der Waals surface area (Å²) in [7, 11) is -3.58. The van der Waals surface area contributed by atoms with Crippen molar-refractivity contribution in [2.24, 2.45) is 0 Å². The topological polar surface area (TPSA) is 66.5 Å². The Balaban J connectivity index is 2.17. The zero-order valence-electron chi connectivity index (χ0n) is 12.0. The van der Waals surface area contributed by atoms with Crippen molar-refractivity contribution in [1.29, 1.82) is 0 Å². The third kappa shape index (κ3) is 3.02. The lowest BCUT2D eigenvalue weighted by atomic mass is 10.0. The second kappa shape index (κ2) is 5.18. The van der Waals surface area contributed by atoms with Crippen LogP contribution in [0.3, 0.4) is 0 Å². The molecule has 0 spiro atoms. The second-order valence-corrected chi connectivity index (χ2v) is 7.86. The summed E-state index contributed by atoms with van der Waals surface area (Å²) in [5, 5.41) is 2.83. The molecule has 1 aliphatic heterocycles. The molecule has 0 aliphatic carbocycles. The summed E-state index contributed by atoms with van der Waals surface area (Å²) < 4.78 is 26.1. The molecule has 110 valence electrons. The number of hydrogen-bond acceptors (Lipinski definition) is 3. The number of carbonyl (C=O) groups is 1. The van der Waals surface area contributed by atoms with Gasteiger partial charge in [-0.25, -0.2) is 8.42 Å². The number of carbonyl (C=O) groups excluding carboxylic acids is 1. The van der Waals surface area contributed by atoms with Crippen LogP contribution < -0.4 is 5.32 Å². The van der Waals surface area contributed by atoms with Gasteiger partial charge in [0.25, 0.3) is 0 Å². The van der Waals surface area contributed by atoms with E-state index in [0.29, 0.717) is 13.0 Å². The molecule has 1 amide bonds. The molecule has 5 nitrogen and oxygen atoms in total. The molecule has 1 aliphatic rings. The number of amides is 1. The zero-order valence-corrected chi connectivity index (χ0v) is 12.8. The lowest BCUT2D eigenvalue weighted by Gasteiger charge is -2.39. The first-order chi connectivity index (χ1) is 9.22. The van der Waals surface area contributed by atoms with Gasteiger partial charge in [-0.1, -0.05) is 18.2 Å². The predicted octanol–water partition coefficient (Wildman–Crippen LogP) is 1.36. The zero-order chi connectivity index (χ0) is 15.0. The maximum atomic E-state index is 12.4. The van der Waals surface area contributed by atoms with E-state index in [2.05, 4.69) is 5.32 Å². The van der Waals surface area contributed by atoms with Crippen molar-refractivity contribution >= 4 is 15.9 Å². The highest BCUT2D eigenvalue weighted by molar-refractivity contribution is 7.89. The lowest BCUT2D eigenvalue weighted by Crippen LogP contribution is -2.60. The fourth-order valence-corrected chi connectivity index (χ4v) is 3.75. The Kier molecular flexibility index (Phi) is 3.88. The SMILES string of the molecule is CC(C)(C)NC(=O)[C@@H]1CCN1S(=O)(=O)c1ccccc1. The van der Waals surface area contributed by atoms with Crippen LogP contribution in [-0.4, -0.2) is 36.8 Å². The normalized spacial score (nSPS) is 20.2. The average Bonchev–Trinajstić information content (AvgIpc) is 2.25. The minimum atomic E-state index is -3.58. The van der Waals surface area contributed by atoms with Crippen molar-refractivity contribution in [3.05, 3.63) is 30.3 Å². The van der Waals surface area contributed by atoms with Crippen LogP contribution in [0.5, 0.6) is 0 Å². The maximum absolute atomic E-state index is 12.4. The minimum Gasteiger partial charge on any atom is -0.350 e. The van der Waals surface area contributed by atoms with E-state index in [9.17, 15) is 13.2 Å². The van der Waals surface area contributed by atoms with E-state index < -0.39 is 16.1 Å². The van der Waals surface area contributed by atoms with E-state index in [1.54, 1.807) is 30.3 Å². The highest BCUT2D eigenvalue weighted by atomic mass is 32.2. The van der Waals surface area contributed by atoms with E-state index in [1.165, 1.54) is 4.31 Å². The van der Waals surface area contributed by atoms with Gasteiger partial charge < -0.3 is 5.32 Å². The van der Waals surface area contributed by atoms with Gasteiger partial charge in [-0.3, -0.25) is 4.79 Å². The summed E-state index contributed by atoms with van der Waals surface area (Å²) in [6.07, 6.45) is 0.563. The molecule has 0 bridgehead atoms. The van der Waals surface area contributed by atoms with Crippen LogP contribution in [-0.2, 0) is 14.8 Å². The first-order valence-electron chi connectivity index (χ1n) is 6.61. The van der Waals surface area contributed by atoms with Gasteiger partial charge in [-0.15, -0.1) is 0 Å². The van der Waals surface area contributed by atoms with Gasteiger partial charge in [0.1, 0.15) is 6.04 Å². The van der Waals surface area contributed by atoms with Gasteiger partial charge in [0.15, 0.2) is 0 Å². The Morgan fingerprint density at radius 3 is 2.30 bits per heavy atom. The minimum absolute atomic E-state index is 0.230. The number of hydrogen-bond donors (Lipinski definition) is 1. The van der Waals surface area contributed by atoms with Crippen LogP contribution in [0.15, 0.2) is 35.2 Å². The van der Waals surface area contributed by atoms with Gasteiger partial charge in [0.2, 0.25) is 15.9 Å². The van der Waals surface area contributed by atoms with Crippen molar-refractivity contribution in [2.45, 2.75) is 43.7 Å². The predicted molar refractivity (Wildman–Crippen MR) is 76.6 cm³/mol. The fraction of sp³-hybridized carbons (Fsp3) is 0.500. The van der Waals surface area contributed by atoms with Gasteiger partial charge in [-0.05, 0) is 39.3 Å². The highest BCUT2D eigenvalue weighted by Gasteiger charge is 2.43. The molecule has 1 aromatic rings. The first kappa shape index (κ1) is 15.0. The molecule has 1 heterocycles. The quantitative estimate of drug-likeness (QED) is 0.916. The molecule has 1 aromatic carbocycles. The monoisotopic (exact) mass is 296 g/mol. The summed E-state index contributed by atoms with van der Waals surface area (Å²) in [5.74, 6) is -0.233. The number of sulfonamides is 1. The van der Waals surface area contributed by atoms with Crippen LogP contribution in [0, 0.1) is 0 Å². The summed E-state index contributed by atoms with van der Waals surface area (Å²) in [4.78, 5) is 12.3. The number of benzene rings is 1. The Morgan fingerprint density at radius 1 is 1.25 bits per heavy atom. The molecule has 2 rings (SSSR count). The fourth-order valence-electron chi connectivity index (χ4n) is 2.09. The van der Waals surface area contributed by atoms with Crippen LogP contribution >= 0.6 is 0 Å². The number of nitrogens with zero attached hydrogens (tertiary/aromatic N) is 1. The molecule has 1 atom stereocenters.